The molecule has 1 fully saturated rings. The Bertz CT molecular complexity index is 1260. The second-order valence-corrected chi connectivity index (χ2v) is 8.67. The summed E-state index contributed by atoms with van der Waals surface area (Å²) >= 11 is 0. The van der Waals surface area contributed by atoms with Gasteiger partial charge in [0.25, 0.3) is 5.91 Å². The Labute approximate surface area is 199 Å². The number of carbonyl (C=O) groups excluding carboxylic acids is 2. The number of hydrogen-bond acceptors (Lipinski definition) is 6. The number of fused-ring (bicyclic) bond motifs is 1. The molecule has 186 valence electrons. The number of methoxy groups -OCH3 is 1. The summed E-state index contributed by atoms with van der Waals surface area (Å²) in [7, 11) is 3.02. The Morgan fingerprint density at radius 1 is 1.17 bits per heavy atom. The summed E-state index contributed by atoms with van der Waals surface area (Å²) in [4.78, 5) is 33.3. The molecule has 1 saturated carbocycles. The molecule has 4 rings (SSSR count). The number of anilines is 1. The Balaban J connectivity index is 1.70. The van der Waals surface area contributed by atoms with E-state index in [-0.39, 0.29) is 29.7 Å². The summed E-state index contributed by atoms with van der Waals surface area (Å²) in [5, 5.41) is 11.9. The van der Waals surface area contributed by atoms with E-state index in [4.69, 9.17) is 9.72 Å². The lowest BCUT2D eigenvalue weighted by atomic mass is 9.82. The van der Waals surface area contributed by atoms with E-state index >= 15 is 0 Å². The van der Waals surface area contributed by atoms with Gasteiger partial charge >= 0.3 is 12.1 Å². The van der Waals surface area contributed by atoms with Crippen LogP contribution in [0.1, 0.15) is 64.0 Å². The van der Waals surface area contributed by atoms with Gasteiger partial charge in [0.15, 0.2) is 0 Å². The van der Waals surface area contributed by atoms with Crippen LogP contribution in [0.5, 0.6) is 0 Å². The lowest BCUT2D eigenvalue weighted by Gasteiger charge is -2.26. The molecule has 0 spiro atoms. The van der Waals surface area contributed by atoms with Crippen LogP contribution in [0.25, 0.3) is 11.0 Å². The molecule has 2 heterocycles. The fourth-order valence-electron chi connectivity index (χ4n) is 4.51. The number of aliphatic hydroxyl groups excluding tert-OH is 1. The van der Waals surface area contributed by atoms with Gasteiger partial charge in [-0.25, -0.2) is 14.8 Å². The first kappa shape index (κ1) is 24.6. The number of imidazole rings is 1. The number of aromatic nitrogens is 3. The van der Waals surface area contributed by atoms with E-state index in [0.717, 1.165) is 49.7 Å². The molecule has 1 aliphatic rings. The maximum Gasteiger partial charge on any atom is 0.433 e. The zero-order valence-corrected chi connectivity index (χ0v) is 19.2. The normalized spacial score (nSPS) is 18.5. The third kappa shape index (κ3) is 5.00. The smallest absolute Gasteiger partial charge is 0.433 e. The number of aryl methyl sites for hydroxylation is 1. The van der Waals surface area contributed by atoms with E-state index in [0.29, 0.717) is 11.0 Å². The van der Waals surface area contributed by atoms with Gasteiger partial charge in [-0.3, -0.25) is 4.79 Å². The number of halogens is 3. The number of carbonyl (C=O) groups is 2. The van der Waals surface area contributed by atoms with Crippen LogP contribution in [-0.4, -0.2) is 45.2 Å². The first-order chi connectivity index (χ1) is 16.6. The number of ether oxygens (including phenoxy) is 1. The fourth-order valence-corrected chi connectivity index (χ4v) is 4.51. The van der Waals surface area contributed by atoms with E-state index in [1.54, 1.807) is 6.07 Å². The van der Waals surface area contributed by atoms with Crippen molar-refractivity contribution in [2.24, 2.45) is 13.0 Å². The lowest BCUT2D eigenvalue weighted by molar-refractivity contribution is -0.141. The molecular weight excluding hydrogens is 465 g/mol. The number of nitrogens with one attached hydrogen (secondary N) is 1. The van der Waals surface area contributed by atoms with Gasteiger partial charge in [0.05, 0.1) is 29.4 Å². The van der Waals surface area contributed by atoms with Gasteiger partial charge in [0.2, 0.25) is 0 Å². The highest BCUT2D eigenvalue weighted by atomic mass is 19.4. The zero-order valence-electron chi connectivity index (χ0n) is 19.2. The van der Waals surface area contributed by atoms with E-state index < -0.39 is 29.4 Å². The highest BCUT2D eigenvalue weighted by Gasteiger charge is 2.33. The molecule has 11 heteroatoms. The minimum Gasteiger partial charge on any atom is -0.465 e. The monoisotopic (exact) mass is 490 g/mol. The van der Waals surface area contributed by atoms with Crippen LogP contribution in [0.4, 0.5) is 18.9 Å². The maximum absolute atomic E-state index is 13.0. The summed E-state index contributed by atoms with van der Waals surface area (Å²) < 4.78 is 45.8. The zero-order chi connectivity index (χ0) is 25.3. The molecule has 35 heavy (non-hydrogen) atoms. The van der Waals surface area contributed by atoms with Crippen LogP contribution in [0.3, 0.4) is 0 Å². The largest absolute Gasteiger partial charge is 0.465 e. The highest BCUT2D eigenvalue weighted by molar-refractivity contribution is 6.09. The van der Waals surface area contributed by atoms with E-state index in [1.165, 1.54) is 13.2 Å². The first-order valence-corrected chi connectivity index (χ1v) is 11.2. The average Bonchev–Trinajstić information content (AvgIpc) is 3.18. The summed E-state index contributed by atoms with van der Waals surface area (Å²) in [6.45, 7) is 0.168. The Kier molecular flexibility index (Phi) is 6.79. The van der Waals surface area contributed by atoms with Crippen molar-refractivity contribution in [1.29, 1.82) is 0 Å². The van der Waals surface area contributed by atoms with E-state index in [9.17, 15) is 27.9 Å². The topological polar surface area (TPSA) is 106 Å². The molecule has 0 aliphatic heterocycles. The van der Waals surface area contributed by atoms with Crippen LogP contribution in [0, 0.1) is 5.92 Å². The molecule has 0 saturated heterocycles. The number of nitrogens with zero attached hydrogens (tertiary/aromatic N) is 3. The Hall–Kier alpha value is -3.47. The van der Waals surface area contributed by atoms with Crippen LogP contribution in [0.2, 0.25) is 0 Å². The summed E-state index contributed by atoms with van der Waals surface area (Å²) in [5.74, 6) is -0.322. The van der Waals surface area contributed by atoms with E-state index in [2.05, 4.69) is 10.3 Å². The van der Waals surface area contributed by atoms with Gasteiger partial charge in [0.1, 0.15) is 17.2 Å². The number of hydrogen-bond donors (Lipinski definition) is 2. The van der Waals surface area contributed by atoms with Crippen molar-refractivity contribution < 1.29 is 32.6 Å². The van der Waals surface area contributed by atoms with Crippen LogP contribution in [-0.2, 0) is 18.0 Å². The molecular formula is C24H25F3N4O4. The fraction of sp³-hybridized carbons (Fsp3) is 0.417. The van der Waals surface area contributed by atoms with Crippen LogP contribution < -0.4 is 5.32 Å². The predicted molar refractivity (Wildman–Crippen MR) is 121 cm³/mol. The summed E-state index contributed by atoms with van der Waals surface area (Å²) in [5.41, 5.74) is -0.365. The molecule has 0 unspecified atom stereocenters. The van der Waals surface area contributed by atoms with Crippen molar-refractivity contribution in [2.45, 2.75) is 37.8 Å². The minimum atomic E-state index is -4.70. The minimum absolute atomic E-state index is 0.0222. The third-order valence-electron chi connectivity index (χ3n) is 6.45. The third-order valence-corrected chi connectivity index (χ3v) is 6.45. The van der Waals surface area contributed by atoms with Crippen molar-refractivity contribution in [2.75, 3.05) is 19.0 Å². The van der Waals surface area contributed by atoms with Crippen LogP contribution in [0.15, 0.2) is 30.3 Å². The Morgan fingerprint density at radius 2 is 1.89 bits per heavy atom. The second-order valence-electron chi connectivity index (χ2n) is 8.67. The molecule has 0 atom stereocenters. The quantitative estimate of drug-likeness (QED) is 0.517. The molecule has 8 nitrogen and oxygen atoms in total. The van der Waals surface area contributed by atoms with Gasteiger partial charge in [0, 0.05) is 19.6 Å². The molecule has 3 aromatic rings. The van der Waals surface area contributed by atoms with Crippen molar-refractivity contribution in [3.05, 3.63) is 53.1 Å². The standard InChI is InChI=1S/C24H25F3N4O4/c1-31-19-11-17(30-22(33)16-4-3-5-20(28-16)24(25,26)27)15(23(34)35-2)10-18(19)29-21(31)14-8-6-13(12-32)7-9-14/h3-5,10-11,13-14,32H,6-9,12H2,1-2H3,(H,30,33)/t13-,14-. The van der Waals surface area contributed by atoms with Crippen molar-refractivity contribution >= 4 is 28.6 Å². The van der Waals surface area contributed by atoms with E-state index in [1.807, 2.05) is 11.6 Å². The number of amides is 1. The van der Waals surface area contributed by atoms with Gasteiger partial charge in [-0.15, -0.1) is 0 Å². The van der Waals surface area contributed by atoms with Crippen molar-refractivity contribution in [3.63, 3.8) is 0 Å². The van der Waals surface area contributed by atoms with Crippen molar-refractivity contribution in [3.8, 4) is 0 Å². The molecule has 1 amide bonds. The first-order valence-electron chi connectivity index (χ1n) is 11.2. The highest BCUT2D eigenvalue weighted by Crippen LogP contribution is 2.37. The van der Waals surface area contributed by atoms with Gasteiger partial charge in [-0.05, 0) is 55.9 Å². The average molecular weight is 490 g/mol. The van der Waals surface area contributed by atoms with Gasteiger partial charge in [-0.1, -0.05) is 6.07 Å². The number of pyridine rings is 1. The maximum atomic E-state index is 13.0. The molecule has 2 aromatic heterocycles. The summed E-state index contributed by atoms with van der Waals surface area (Å²) in [6, 6.07) is 6.08. The SMILES string of the molecule is COC(=O)c1cc2nc([C@H]3CC[C@H](CO)CC3)n(C)c2cc1NC(=O)c1cccc(C(F)(F)F)n1. The molecule has 1 aliphatic carbocycles. The number of aliphatic hydroxyl groups is 1. The second kappa shape index (κ2) is 9.65. The number of esters is 1. The predicted octanol–water partition coefficient (Wildman–Crippen LogP) is 4.29. The number of benzene rings is 1. The number of rotatable bonds is 5. The molecule has 1 aromatic carbocycles. The molecule has 2 N–H and O–H groups in total. The summed E-state index contributed by atoms with van der Waals surface area (Å²) in [6.07, 6.45) is -1.17. The number of alkyl halides is 3. The van der Waals surface area contributed by atoms with Gasteiger partial charge in [-0.2, -0.15) is 13.2 Å². The lowest BCUT2D eigenvalue weighted by Crippen LogP contribution is -2.19. The van der Waals surface area contributed by atoms with Crippen molar-refractivity contribution in [1.82, 2.24) is 14.5 Å². The van der Waals surface area contributed by atoms with Gasteiger partial charge < -0.3 is 19.7 Å². The molecule has 0 radical (unpaired) electrons. The Morgan fingerprint density at radius 3 is 2.51 bits per heavy atom. The van der Waals surface area contributed by atoms with Crippen LogP contribution >= 0.6 is 0 Å². The molecule has 0 bridgehead atoms.